The zero-order chi connectivity index (χ0) is 7.61. The topological polar surface area (TPSA) is 12.0 Å². The van der Waals surface area contributed by atoms with E-state index in [0.717, 1.165) is 0 Å². The normalized spacial score (nSPS) is 31.6. The maximum atomic E-state index is 12.9. The van der Waals surface area contributed by atoms with Crippen LogP contribution in [0.1, 0.15) is 12.8 Å². The molecule has 1 nitrogen and oxygen atoms in total. The number of rotatable bonds is 1. The van der Waals surface area contributed by atoms with Gasteiger partial charge in [-0.25, -0.2) is 13.2 Å². The van der Waals surface area contributed by atoms with Crippen LogP contribution in [0, 0.1) is 0 Å². The van der Waals surface area contributed by atoms with E-state index in [9.17, 15) is 13.2 Å². The van der Waals surface area contributed by atoms with Gasteiger partial charge in [0.1, 0.15) is 0 Å². The Morgan fingerprint density at radius 1 is 1.36 bits per heavy atom. The lowest BCUT2D eigenvalue weighted by Gasteiger charge is -2.28. The molecular weight excluding hydrogens is 179 g/mol. The molecule has 1 heterocycles. The van der Waals surface area contributed by atoms with Gasteiger partial charge in [-0.05, 0) is 19.4 Å². The number of halogens is 4. The highest BCUT2D eigenvalue weighted by molar-refractivity contribution is 5.85. The molecule has 0 radical (unpaired) electrons. The first-order chi connectivity index (χ1) is 4.65. The van der Waals surface area contributed by atoms with Crippen LogP contribution in [0.5, 0.6) is 0 Å². The Kier molecular flexibility index (Phi) is 4.18. The van der Waals surface area contributed by atoms with E-state index >= 15 is 0 Å². The van der Waals surface area contributed by atoms with Crippen LogP contribution in [0.2, 0.25) is 0 Å². The Hall–Kier alpha value is 0.0400. The second-order valence-corrected chi connectivity index (χ2v) is 2.62. The van der Waals surface area contributed by atoms with Crippen molar-refractivity contribution >= 4 is 12.4 Å². The van der Waals surface area contributed by atoms with Crippen LogP contribution < -0.4 is 5.32 Å². The van der Waals surface area contributed by atoms with Gasteiger partial charge < -0.3 is 5.32 Å². The summed E-state index contributed by atoms with van der Waals surface area (Å²) in [4.78, 5) is 0. The molecule has 68 valence electrons. The molecular formula is C6H11ClF3N. The smallest absolute Gasteiger partial charge is 0.273 e. The number of nitrogens with one attached hydrogen (secondary N) is 1. The van der Waals surface area contributed by atoms with Crippen molar-refractivity contribution in [3.63, 3.8) is 0 Å². The Morgan fingerprint density at radius 3 is 2.27 bits per heavy atom. The Labute approximate surface area is 69.8 Å². The quantitative estimate of drug-likeness (QED) is 0.663. The summed E-state index contributed by atoms with van der Waals surface area (Å²) in [5, 5.41) is 2.60. The van der Waals surface area contributed by atoms with Crippen LogP contribution in [0.25, 0.3) is 0 Å². The lowest BCUT2D eigenvalue weighted by Crippen LogP contribution is -2.47. The van der Waals surface area contributed by atoms with Gasteiger partial charge >= 0.3 is 0 Å². The summed E-state index contributed by atoms with van der Waals surface area (Å²) < 4.78 is 36.7. The van der Waals surface area contributed by atoms with Gasteiger partial charge in [-0.15, -0.1) is 12.4 Å². The minimum Gasteiger partial charge on any atom is -0.313 e. The zero-order valence-electron chi connectivity index (χ0n) is 5.95. The van der Waals surface area contributed by atoms with E-state index in [0.29, 0.717) is 13.0 Å². The van der Waals surface area contributed by atoms with E-state index in [-0.39, 0.29) is 25.4 Å². The SMILES string of the molecule is Cl.FC(F)[C@]1(F)CCCNC1. The van der Waals surface area contributed by atoms with Gasteiger partial charge in [-0.3, -0.25) is 0 Å². The third kappa shape index (κ3) is 2.52. The molecule has 1 aliphatic rings. The van der Waals surface area contributed by atoms with Crippen LogP contribution in [0.4, 0.5) is 13.2 Å². The Bertz CT molecular complexity index is 114. The number of piperidine rings is 1. The summed E-state index contributed by atoms with van der Waals surface area (Å²) in [6.45, 7) is 0.447. The summed E-state index contributed by atoms with van der Waals surface area (Å²) in [5.74, 6) is 0. The highest BCUT2D eigenvalue weighted by Gasteiger charge is 2.41. The Balaban J connectivity index is 0.000001000. The van der Waals surface area contributed by atoms with E-state index in [1.807, 2.05) is 0 Å². The molecule has 1 atom stereocenters. The van der Waals surface area contributed by atoms with Crippen molar-refractivity contribution in [2.24, 2.45) is 0 Å². The van der Waals surface area contributed by atoms with Crippen molar-refractivity contribution in [3.8, 4) is 0 Å². The number of hydrogen-bond acceptors (Lipinski definition) is 1. The summed E-state index contributed by atoms with van der Waals surface area (Å²) in [6, 6.07) is 0. The third-order valence-corrected chi connectivity index (χ3v) is 1.76. The molecule has 1 aliphatic heterocycles. The van der Waals surface area contributed by atoms with Crippen LogP contribution >= 0.6 is 12.4 Å². The third-order valence-electron chi connectivity index (χ3n) is 1.76. The van der Waals surface area contributed by atoms with Crippen molar-refractivity contribution in [2.45, 2.75) is 24.9 Å². The molecule has 1 saturated heterocycles. The van der Waals surface area contributed by atoms with E-state index in [2.05, 4.69) is 5.32 Å². The maximum Gasteiger partial charge on any atom is 0.273 e. The van der Waals surface area contributed by atoms with E-state index in [1.54, 1.807) is 0 Å². The second kappa shape index (κ2) is 4.16. The van der Waals surface area contributed by atoms with Crippen LogP contribution in [0.15, 0.2) is 0 Å². The average molecular weight is 190 g/mol. The first-order valence-electron chi connectivity index (χ1n) is 3.33. The fourth-order valence-corrected chi connectivity index (χ4v) is 1.08. The molecule has 5 heteroatoms. The highest BCUT2D eigenvalue weighted by atomic mass is 35.5. The summed E-state index contributed by atoms with van der Waals surface area (Å²) in [7, 11) is 0. The minimum absolute atomic E-state index is 0. The molecule has 0 unspecified atom stereocenters. The zero-order valence-corrected chi connectivity index (χ0v) is 6.76. The van der Waals surface area contributed by atoms with Gasteiger partial charge in [0.15, 0.2) is 5.67 Å². The maximum absolute atomic E-state index is 12.9. The molecule has 1 rings (SSSR count). The van der Waals surface area contributed by atoms with Crippen molar-refractivity contribution in [1.29, 1.82) is 0 Å². The van der Waals surface area contributed by atoms with Gasteiger partial charge in [0.2, 0.25) is 0 Å². The lowest BCUT2D eigenvalue weighted by atomic mass is 9.97. The fraction of sp³-hybridized carbons (Fsp3) is 1.00. The predicted octanol–water partition coefficient (Wildman–Crippen LogP) is 1.76. The number of hydrogen-bond donors (Lipinski definition) is 1. The average Bonchev–Trinajstić information content (AvgIpc) is 1.89. The van der Waals surface area contributed by atoms with Crippen molar-refractivity contribution in [1.82, 2.24) is 5.32 Å². The fourth-order valence-electron chi connectivity index (χ4n) is 1.08. The monoisotopic (exact) mass is 189 g/mol. The van der Waals surface area contributed by atoms with Crippen LogP contribution in [-0.4, -0.2) is 25.2 Å². The Morgan fingerprint density at radius 2 is 2.00 bits per heavy atom. The van der Waals surface area contributed by atoms with Crippen LogP contribution in [-0.2, 0) is 0 Å². The van der Waals surface area contributed by atoms with Gasteiger partial charge in [0.25, 0.3) is 6.43 Å². The molecule has 11 heavy (non-hydrogen) atoms. The van der Waals surface area contributed by atoms with Crippen LogP contribution in [0.3, 0.4) is 0 Å². The molecule has 0 spiro atoms. The molecule has 1 N–H and O–H groups in total. The lowest BCUT2D eigenvalue weighted by molar-refractivity contribution is -0.0481. The summed E-state index contributed by atoms with van der Waals surface area (Å²) in [5.41, 5.74) is -2.27. The molecule has 0 aliphatic carbocycles. The summed E-state index contributed by atoms with van der Waals surface area (Å²) >= 11 is 0. The molecule has 0 bridgehead atoms. The largest absolute Gasteiger partial charge is 0.313 e. The van der Waals surface area contributed by atoms with Gasteiger partial charge in [0.05, 0.1) is 0 Å². The predicted molar refractivity (Wildman–Crippen MR) is 39.2 cm³/mol. The second-order valence-electron chi connectivity index (χ2n) is 2.62. The molecule has 0 aromatic heterocycles. The molecule has 0 aromatic carbocycles. The molecule has 0 saturated carbocycles. The van der Waals surface area contributed by atoms with Crippen molar-refractivity contribution in [3.05, 3.63) is 0 Å². The molecule has 0 aromatic rings. The van der Waals surface area contributed by atoms with Gasteiger partial charge in [-0.2, -0.15) is 0 Å². The standard InChI is InChI=1S/C6H10F3N.ClH/c7-5(8)6(9)2-1-3-10-4-6;/h5,10H,1-4H2;1H/t6-;/m0./s1. The molecule has 0 amide bonds. The highest BCUT2D eigenvalue weighted by Crippen LogP contribution is 2.27. The minimum atomic E-state index is -2.85. The summed E-state index contributed by atoms with van der Waals surface area (Å²) in [6.07, 6.45) is -2.36. The van der Waals surface area contributed by atoms with Crippen molar-refractivity contribution < 1.29 is 13.2 Å². The van der Waals surface area contributed by atoms with E-state index < -0.39 is 12.1 Å². The van der Waals surface area contributed by atoms with E-state index in [1.165, 1.54) is 0 Å². The first kappa shape index (κ1) is 11.0. The van der Waals surface area contributed by atoms with E-state index in [4.69, 9.17) is 0 Å². The van der Waals surface area contributed by atoms with Crippen molar-refractivity contribution in [2.75, 3.05) is 13.1 Å². The van der Waals surface area contributed by atoms with Gasteiger partial charge in [0, 0.05) is 6.54 Å². The first-order valence-corrected chi connectivity index (χ1v) is 3.33. The van der Waals surface area contributed by atoms with Gasteiger partial charge in [-0.1, -0.05) is 0 Å². The number of alkyl halides is 3. The molecule has 1 fully saturated rings.